The molecule has 1 atom stereocenters. The third-order valence-electron chi connectivity index (χ3n) is 3.59. The van der Waals surface area contributed by atoms with Crippen LogP contribution in [0.1, 0.15) is 39.0 Å². The van der Waals surface area contributed by atoms with E-state index < -0.39 is 0 Å². The number of hydrogen-bond acceptors (Lipinski definition) is 4. The number of ketones is 1. The fourth-order valence-corrected chi connectivity index (χ4v) is 2.20. The Balaban J connectivity index is 2.67. The quantitative estimate of drug-likeness (QED) is 0.792. The minimum Gasteiger partial charge on any atom is -0.508 e. The predicted octanol–water partition coefficient (Wildman–Crippen LogP) is 4.05. The van der Waals surface area contributed by atoms with E-state index in [0.29, 0.717) is 19.6 Å². The number of aliphatic hydroxyl groups is 1. The van der Waals surface area contributed by atoms with Gasteiger partial charge in [-0.25, -0.2) is 0 Å². The van der Waals surface area contributed by atoms with Crippen LogP contribution in [0.15, 0.2) is 47.8 Å². The fourth-order valence-electron chi connectivity index (χ4n) is 2.20. The second kappa shape index (κ2) is 11.9. The third kappa shape index (κ3) is 9.87. The lowest BCUT2D eigenvalue weighted by atomic mass is 10.1. The summed E-state index contributed by atoms with van der Waals surface area (Å²) in [7, 11) is 1.72. The highest BCUT2D eigenvalue weighted by Gasteiger charge is 2.06. The van der Waals surface area contributed by atoms with Crippen LogP contribution in [0, 0.1) is 0 Å². The maximum absolute atomic E-state index is 11.7. The van der Waals surface area contributed by atoms with Gasteiger partial charge in [-0.1, -0.05) is 18.2 Å². The number of methoxy groups -OCH3 is 1. The van der Waals surface area contributed by atoms with Gasteiger partial charge in [-0.15, -0.1) is 0 Å². The Bertz CT molecular complexity index is 472. The number of aliphatic hydroxyl groups excluding tert-OH is 1. The zero-order valence-corrected chi connectivity index (χ0v) is 14.2. The van der Waals surface area contributed by atoms with Gasteiger partial charge in [0.25, 0.3) is 0 Å². The van der Waals surface area contributed by atoms with Crippen molar-refractivity contribution >= 4 is 5.78 Å². The Morgan fingerprint density at radius 2 is 2.04 bits per heavy atom. The zero-order valence-electron chi connectivity index (χ0n) is 14.2. The summed E-state index contributed by atoms with van der Waals surface area (Å²) in [6.07, 6.45) is 14.3. The normalized spacial score (nSPS) is 30.2. The molecule has 23 heavy (non-hydrogen) atoms. The molecule has 1 unspecified atom stereocenters. The molecule has 4 heteroatoms. The van der Waals surface area contributed by atoms with Gasteiger partial charge in [0, 0.05) is 20.1 Å². The number of carbonyl (C=O) groups is 1. The van der Waals surface area contributed by atoms with E-state index in [4.69, 9.17) is 9.47 Å². The van der Waals surface area contributed by atoms with Crippen molar-refractivity contribution in [3.8, 4) is 0 Å². The summed E-state index contributed by atoms with van der Waals surface area (Å²) in [5, 5.41) is 9.72. The van der Waals surface area contributed by atoms with Crippen LogP contribution in [-0.4, -0.2) is 37.3 Å². The molecule has 0 saturated heterocycles. The summed E-state index contributed by atoms with van der Waals surface area (Å²) >= 11 is 0. The van der Waals surface area contributed by atoms with Crippen LogP contribution in [0.25, 0.3) is 0 Å². The van der Waals surface area contributed by atoms with Crippen molar-refractivity contribution in [2.24, 2.45) is 0 Å². The Hall–Kier alpha value is -1.65. The lowest BCUT2D eigenvalue weighted by Gasteiger charge is -2.15. The van der Waals surface area contributed by atoms with Crippen molar-refractivity contribution in [3.05, 3.63) is 47.8 Å². The highest BCUT2D eigenvalue weighted by molar-refractivity contribution is 5.90. The first-order chi connectivity index (χ1) is 11.1. The van der Waals surface area contributed by atoms with Gasteiger partial charge in [-0.3, -0.25) is 4.79 Å². The van der Waals surface area contributed by atoms with Crippen LogP contribution < -0.4 is 0 Å². The Morgan fingerprint density at radius 1 is 1.22 bits per heavy atom. The van der Waals surface area contributed by atoms with Crippen molar-refractivity contribution in [3.63, 3.8) is 0 Å². The van der Waals surface area contributed by atoms with Gasteiger partial charge in [0.2, 0.25) is 0 Å². The molecule has 0 aliphatic carbocycles. The van der Waals surface area contributed by atoms with Gasteiger partial charge in [-0.2, -0.15) is 0 Å². The van der Waals surface area contributed by atoms with Crippen LogP contribution in [0.4, 0.5) is 0 Å². The summed E-state index contributed by atoms with van der Waals surface area (Å²) in [5.41, 5.74) is 1.03. The largest absolute Gasteiger partial charge is 0.508 e. The molecule has 0 aromatic carbocycles. The van der Waals surface area contributed by atoms with E-state index in [1.807, 2.05) is 19.1 Å². The van der Waals surface area contributed by atoms with Crippen LogP contribution in [0.2, 0.25) is 0 Å². The average molecular weight is 320 g/mol. The van der Waals surface area contributed by atoms with Crippen molar-refractivity contribution in [1.82, 2.24) is 0 Å². The third-order valence-corrected chi connectivity index (χ3v) is 3.59. The summed E-state index contributed by atoms with van der Waals surface area (Å²) in [6.45, 7) is 3.13. The lowest BCUT2D eigenvalue weighted by Crippen LogP contribution is -2.14. The second-order valence-electron chi connectivity index (χ2n) is 5.71. The molecule has 1 N–H and O–H groups in total. The standard InChI is InChI=1S/C19H28O4/c1-16-11-12-18(21)9-6-8-17(20)7-4-3-5-10-19(22-2)13-14-23-15-16/h4,6-7,9,11-12,19,21H,3,5,8,10,13-15H2,1-2H3/b7-4+,9-6+,16-11+,18-12+. The molecule has 0 aromatic rings. The van der Waals surface area contributed by atoms with Crippen LogP contribution in [0.3, 0.4) is 0 Å². The molecule has 4 nitrogen and oxygen atoms in total. The minimum atomic E-state index is 0.0404. The molecule has 128 valence electrons. The summed E-state index contributed by atoms with van der Waals surface area (Å²) < 4.78 is 11.1. The topological polar surface area (TPSA) is 55.8 Å². The molecule has 0 spiro atoms. The van der Waals surface area contributed by atoms with Gasteiger partial charge in [-0.05, 0) is 56.4 Å². The van der Waals surface area contributed by atoms with Gasteiger partial charge in [0.1, 0.15) is 5.76 Å². The molecule has 1 heterocycles. The summed E-state index contributed by atoms with van der Waals surface area (Å²) in [4.78, 5) is 11.7. The van der Waals surface area contributed by atoms with Crippen molar-refractivity contribution < 1.29 is 19.4 Å². The van der Waals surface area contributed by atoms with Gasteiger partial charge in [0.05, 0.1) is 12.7 Å². The molecule has 0 bridgehead atoms. The monoisotopic (exact) mass is 320 g/mol. The number of carbonyl (C=O) groups excluding carboxylic acids is 1. The molecule has 0 aromatic heterocycles. The van der Waals surface area contributed by atoms with Gasteiger partial charge < -0.3 is 14.6 Å². The summed E-state index contributed by atoms with van der Waals surface area (Å²) in [6, 6.07) is 0. The number of hydrogen-bond donors (Lipinski definition) is 1. The van der Waals surface area contributed by atoms with Crippen molar-refractivity contribution in [2.45, 2.75) is 45.1 Å². The highest BCUT2D eigenvalue weighted by Crippen LogP contribution is 2.10. The van der Waals surface area contributed by atoms with Crippen molar-refractivity contribution in [2.75, 3.05) is 20.3 Å². The average Bonchev–Trinajstić information content (AvgIpc) is 2.53. The maximum Gasteiger partial charge on any atom is 0.159 e. The molecule has 0 amide bonds. The zero-order chi connectivity index (χ0) is 16.9. The molecule has 0 radical (unpaired) electrons. The summed E-state index contributed by atoms with van der Waals surface area (Å²) in [5.74, 6) is 0.167. The number of allylic oxidation sites excluding steroid dienone is 6. The van der Waals surface area contributed by atoms with Crippen LogP contribution in [-0.2, 0) is 14.3 Å². The second-order valence-corrected chi connectivity index (χ2v) is 5.71. The van der Waals surface area contributed by atoms with E-state index in [0.717, 1.165) is 31.3 Å². The highest BCUT2D eigenvalue weighted by atomic mass is 16.5. The SMILES string of the molecule is COC1CCC/C=C/C(=O)C/C=C/C(O)=C\C=C(/C)COCC1. The molecular weight excluding hydrogens is 292 g/mol. The van der Waals surface area contributed by atoms with Gasteiger partial charge in [0.15, 0.2) is 5.78 Å². The smallest absolute Gasteiger partial charge is 0.159 e. The molecule has 0 saturated carbocycles. The van der Waals surface area contributed by atoms with E-state index in [2.05, 4.69) is 0 Å². The molecule has 1 aliphatic rings. The Labute approximate surface area is 139 Å². The van der Waals surface area contributed by atoms with E-state index in [-0.39, 0.29) is 17.6 Å². The molecular formula is C19H28O4. The molecule has 0 fully saturated rings. The van der Waals surface area contributed by atoms with Crippen molar-refractivity contribution in [1.29, 1.82) is 0 Å². The van der Waals surface area contributed by atoms with E-state index in [9.17, 15) is 9.90 Å². The molecule has 1 rings (SSSR count). The van der Waals surface area contributed by atoms with E-state index >= 15 is 0 Å². The first-order valence-electron chi connectivity index (χ1n) is 8.14. The maximum atomic E-state index is 11.7. The molecule has 1 aliphatic heterocycles. The first kappa shape index (κ1) is 19.4. The van der Waals surface area contributed by atoms with E-state index in [1.54, 1.807) is 31.4 Å². The Kier molecular flexibility index (Phi) is 10.00. The first-order valence-corrected chi connectivity index (χ1v) is 8.14. The van der Waals surface area contributed by atoms with E-state index in [1.165, 1.54) is 0 Å². The number of ether oxygens (including phenoxy) is 2. The van der Waals surface area contributed by atoms with Crippen LogP contribution in [0.5, 0.6) is 0 Å². The van der Waals surface area contributed by atoms with Gasteiger partial charge >= 0.3 is 0 Å². The predicted molar refractivity (Wildman–Crippen MR) is 92.5 cm³/mol. The Morgan fingerprint density at radius 3 is 2.83 bits per heavy atom. The van der Waals surface area contributed by atoms with Crippen LogP contribution >= 0.6 is 0 Å². The minimum absolute atomic E-state index is 0.0404. The fraction of sp³-hybridized carbons (Fsp3) is 0.526. The number of rotatable bonds is 1. The lowest BCUT2D eigenvalue weighted by molar-refractivity contribution is -0.113.